The average molecular weight is 225 g/mol. The number of hydrogen-bond donors (Lipinski definition) is 1. The molecule has 5 heteroatoms. The van der Waals surface area contributed by atoms with Crippen LogP contribution in [0, 0.1) is 0 Å². The van der Waals surface area contributed by atoms with Gasteiger partial charge in [-0.2, -0.15) is 13.2 Å². The Bertz CT molecular complexity index is 191. The maximum absolute atomic E-state index is 11.7. The van der Waals surface area contributed by atoms with Crippen LogP contribution in [0.5, 0.6) is 0 Å². The Kier molecular flexibility index (Phi) is 4.81. The molecule has 0 aromatic heterocycles. The predicted molar refractivity (Wildman–Crippen MR) is 53.3 cm³/mol. The molecule has 1 nitrogen and oxygen atoms in total. The number of allylic oxidation sites excluding steroid dienone is 1. The molecule has 0 aliphatic heterocycles. The van der Waals surface area contributed by atoms with Gasteiger partial charge in [0, 0.05) is 18.3 Å². The van der Waals surface area contributed by atoms with Crippen LogP contribution in [0.1, 0.15) is 19.3 Å². The maximum atomic E-state index is 11.7. The summed E-state index contributed by atoms with van der Waals surface area (Å²) in [6, 6.07) is 0.276. The summed E-state index contributed by atoms with van der Waals surface area (Å²) in [5.41, 5.74) is -4.09. The Balaban J connectivity index is 2.03. The highest BCUT2D eigenvalue weighted by Crippen LogP contribution is 2.29. The van der Waals surface area contributed by atoms with Gasteiger partial charge in [-0.05, 0) is 31.0 Å². The monoisotopic (exact) mass is 225 g/mol. The predicted octanol–water partition coefficient (Wildman–Crippen LogP) is 2.94. The van der Waals surface area contributed by atoms with Crippen LogP contribution in [-0.2, 0) is 0 Å². The van der Waals surface area contributed by atoms with Gasteiger partial charge in [-0.15, -0.1) is 0 Å². The Morgan fingerprint density at radius 2 is 2.21 bits per heavy atom. The molecule has 14 heavy (non-hydrogen) atoms. The highest BCUT2D eigenvalue weighted by Gasteiger charge is 2.27. The van der Waals surface area contributed by atoms with Crippen molar-refractivity contribution in [3.63, 3.8) is 0 Å². The van der Waals surface area contributed by atoms with Crippen molar-refractivity contribution in [3.05, 3.63) is 12.2 Å². The van der Waals surface area contributed by atoms with Crippen LogP contribution in [-0.4, -0.2) is 23.8 Å². The van der Waals surface area contributed by atoms with Crippen molar-refractivity contribution in [2.45, 2.75) is 30.8 Å². The van der Waals surface area contributed by atoms with Crippen molar-refractivity contribution in [2.75, 3.05) is 12.3 Å². The maximum Gasteiger partial charge on any atom is 0.441 e. The highest BCUT2D eigenvalue weighted by molar-refractivity contribution is 8.00. The quantitative estimate of drug-likeness (QED) is 0.583. The standard InChI is InChI=1S/C9H14F3NS/c10-9(11,12)14-7-6-13-8-4-2-1-3-5-8/h2,4,8,13H,1,3,5-7H2. The van der Waals surface area contributed by atoms with Gasteiger partial charge in [0.25, 0.3) is 0 Å². The molecule has 0 radical (unpaired) electrons. The summed E-state index contributed by atoms with van der Waals surface area (Å²) in [6.07, 6.45) is 7.38. The number of hydrogen-bond acceptors (Lipinski definition) is 2. The van der Waals surface area contributed by atoms with Crippen LogP contribution in [0.3, 0.4) is 0 Å². The topological polar surface area (TPSA) is 12.0 Å². The summed E-state index contributed by atoms with van der Waals surface area (Å²) in [7, 11) is 0. The van der Waals surface area contributed by atoms with Gasteiger partial charge in [-0.1, -0.05) is 12.2 Å². The normalized spacial score (nSPS) is 22.6. The first-order chi connectivity index (χ1) is 6.58. The highest BCUT2D eigenvalue weighted by atomic mass is 32.2. The minimum Gasteiger partial charge on any atom is -0.310 e. The van der Waals surface area contributed by atoms with E-state index in [1.54, 1.807) is 0 Å². The molecule has 0 amide bonds. The van der Waals surface area contributed by atoms with E-state index in [9.17, 15) is 13.2 Å². The Labute approximate surface area is 86.1 Å². The van der Waals surface area contributed by atoms with Crippen LogP contribution in [0.4, 0.5) is 13.2 Å². The van der Waals surface area contributed by atoms with E-state index in [1.807, 2.05) is 6.08 Å². The van der Waals surface area contributed by atoms with Crippen LogP contribution in [0.15, 0.2) is 12.2 Å². The number of nitrogens with one attached hydrogen (secondary N) is 1. The van der Waals surface area contributed by atoms with Gasteiger partial charge >= 0.3 is 5.51 Å². The lowest BCUT2D eigenvalue weighted by atomic mass is 10.0. The number of alkyl halides is 3. The van der Waals surface area contributed by atoms with Crippen molar-refractivity contribution in [1.29, 1.82) is 0 Å². The molecule has 1 aliphatic rings. The summed E-state index contributed by atoms with van der Waals surface area (Å²) < 4.78 is 35.2. The van der Waals surface area contributed by atoms with Gasteiger partial charge in [0.15, 0.2) is 0 Å². The zero-order chi connectivity index (χ0) is 10.4. The lowest BCUT2D eigenvalue weighted by Crippen LogP contribution is -2.30. The number of halogens is 3. The summed E-state index contributed by atoms with van der Waals surface area (Å²) in [5.74, 6) is 0.0911. The number of rotatable bonds is 4. The van der Waals surface area contributed by atoms with Crippen molar-refractivity contribution in [3.8, 4) is 0 Å². The van der Waals surface area contributed by atoms with Crippen molar-refractivity contribution in [1.82, 2.24) is 5.32 Å². The Morgan fingerprint density at radius 3 is 2.79 bits per heavy atom. The molecule has 1 atom stereocenters. The van der Waals surface area contributed by atoms with Crippen LogP contribution < -0.4 is 5.32 Å². The summed E-state index contributed by atoms with van der Waals surface area (Å²) in [6.45, 7) is 0.416. The van der Waals surface area contributed by atoms with E-state index in [-0.39, 0.29) is 23.6 Å². The summed E-state index contributed by atoms with van der Waals surface area (Å²) in [5, 5.41) is 3.09. The smallest absolute Gasteiger partial charge is 0.310 e. The zero-order valence-corrected chi connectivity index (χ0v) is 8.63. The molecule has 0 saturated heterocycles. The second-order valence-electron chi connectivity index (χ2n) is 3.21. The van der Waals surface area contributed by atoms with Gasteiger partial charge in [0.05, 0.1) is 0 Å². The molecule has 0 aromatic carbocycles. The van der Waals surface area contributed by atoms with E-state index >= 15 is 0 Å². The Hall–Kier alpha value is -0.160. The molecule has 1 N–H and O–H groups in total. The molecule has 1 aliphatic carbocycles. The molecular weight excluding hydrogens is 211 g/mol. The first-order valence-corrected chi connectivity index (χ1v) is 5.67. The largest absolute Gasteiger partial charge is 0.441 e. The Morgan fingerprint density at radius 1 is 1.43 bits per heavy atom. The first-order valence-electron chi connectivity index (χ1n) is 4.69. The third-order valence-corrected chi connectivity index (χ3v) is 2.76. The third-order valence-electron chi connectivity index (χ3n) is 2.03. The fourth-order valence-electron chi connectivity index (χ4n) is 1.39. The first kappa shape index (κ1) is 11.9. The van der Waals surface area contributed by atoms with Gasteiger partial charge in [-0.25, -0.2) is 0 Å². The SMILES string of the molecule is FC(F)(F)SCCNC1C=CCCC1. The number of thioether (sulfide) groups is 1. The molecule has 1 unspecified atom stereocenters. The molecule has 0 fully saturated rings. The molecule has 82 valence electrons. The van der Waals surface area contributed by atoms with Crippen LogP contribution in [0.2, 0.25) is 0 Å². The molecule has 0 bridgehead atoms. The van der Waals surface area contributed by atoms with E-state index in [0.717, 1.165) is 19.3 Å². The fourth-order valence-corrected chi connectivity index (χ4v) is 1.84. The summed E-state index contributed by atoms with van der Waals surface area (Å²) in [4.78, 5) is 0. The fraction of sp³-hybridized carbons (Fsp3) is 0.778. The molecule has 0 spiro atoms. The average Bonchev–Trinajstić information content (AvgIpc) is 2.13. The van der Waals surface area contributed by atoms with Gasteiger partial charge in [0.1, 0.15) is 0 Å². The molecular formula is C9H14F3NS. The van der Waals surface area contributed by atoms with E-state index in [2.05, 4.69) is 11.4 Å². The molecule has 0 saturated carbocycles. The molecule has 0 heterocycles. The van der Waals surface area contributed by atoms with Gasteiger partial charge in [0.2, 0.25) is 0 Å². The van der Waals surface area contributed by atoms with E-state index < -0.39 is 5.51 Å². The zero-order valence-electron chi connectivity index (χ0n) is 7.81. The molecule has 1 rings (SSSR count). The van der Waals surface area contributed by atoms with E-state index in [1.165, 1.54) is 0 Å². The second kappa shape index (κ2) is 5.66. The second-order valence-corrected chi connectivity index (χ2v) is 4.37. The lowest BCUT2D eigenvalue weighted by Gasteiger charge is -2.17. The van der Waals surface area contributed by atoms with Crippen LogP contribution in [0.25, 0.3) is 0 Å². The van der Waals surface area contributed by atoms with Crippen molar-refractivity contribution >= 4 is 11.8 Å². The minimum atomic E-state index is -4.09. The minimum absolute atomic E-state index is 0.0356. The lowest BCUT2D eigenvalue weighted by molar-refractivity contribution is -0.0327. The van der Waals surface area contributed by atoms with Crippen molar-refractivity contribution < 1.29 is 13.2 Å². The van der Waals surface area contributed by atoms with Gasteiger partial charge < -0.3 is 5.32 Å². The van der Waals surface area contributed by atoms with Crippen LogP contribution >= 0.6 is 11.8 Å². The summed E-state index contributed by atoms with van der Waals surface area (Å²) >= 11 is 0.0356. The van der Waals surface area contributed by atoms with Gasteiger partial charge in [-0.3, -0.25) is 0 Å². The molecule has 0 aromatic rings. The van der Waals surface area contributed by atoms with E-state index in [0.29, 0.717) is 6.54 Å². The van der Waals surface area contributed by atoms with Crippen molar-refractivity contribution in [2.24, 2.45) is 0 Å². The van der Waals surface area contributed by atoms with E-state index in [4.69, 9.17) is 0 Å². The third kappa shape index (κ3) is 5.54.